The van der Waals surface area contributed by atoms with E-state index in [2.05, 4.69) is 0 Å². The van der Waals surface area contributed by atoms with E-state index in [9.17, 15) is 4.79 Å². The summed E-state index contributed by atoms with van der Waals surface area (Å²) in [5.74, 6) is 0.338. The lowest BCUT2D eigenvalue weighted by molar-refractivity contribution is 0.0324. The maximum absolute atomic E-state index is 11.6. The highest BCUT2D eigenvalue weighted by atomic mass is 35.5. The van der Waals surface area contributed by atoms with E-state index in [1.54, 1.807) is 12.1 Å². The molecule has 1 rings (SSSR count). The topological polar surface area (TPSA) is 26.3 Å². The van der Waals surface area contributed by atoms with Crippen LogP contribution >= 0.6 is 11.6 Å². The number of alkyl halides is 1. The molecule has 0 saturated heterocycles. The zero-order valence-electron chi connectivity index (χ0n) is 8.78. The SMILES string of the molecule is CC(CCCCl)OC(=O)c1ccccc1. The van der Waals surface area contributed by atoms with Gasteiger partial charge in [-0.2, -0.15) is 0 Å². The van der Waals surface area contributed by atoms with Crippen LogP contribution in [0, 0.1) is 0 Å². The molecule has 1 atom stereocenters. The highest BCUT2D eigenvalue weighted by Gasteiger charge is 2.10. The summed E-state index contributed by atoms with van der Waals surface area (Å²) in [6, 6.07) is 9.00. The summed E-state index contributed by atoms with van der Waals surface area (Å²) in [5.41, 5.74) is 0.593. The number of carbonyl (C=O) groups excluding carboxylic acids is 1. The second-order valence-electron chi connectivity index (χ2n) is 3.41. The molecule has 0 N–H and O–H groups in total. The summed E-state index contributed by atoms with van der Waals surface area (Å²) in [4.78, 5) is 11.6. The van der Waals surface area contributed by atoms with Crippen LogP contribution in [0.15, 0.2) is 30.3 Å². The molecule has 0 fully saturated rings. The van der Waals surface area contributed by atoms with Crippen molar-refractivity contribution in [2.75, 3.05) is 5.88 Å². The van der Waals surface area contributed by atoms with Crippen LogP contribution in [0.4, 0.5) is 0 Å². The predicted molar refractivity (Wildman–Crippen MR) is 61.3 cm³/mol. The van der Waals surface area contributed by atoms with Crippen molar-refractivity contribution in [1.29, 1.82) is 0 Å². The van der Waals surface area contributed by atoms with Crippen molar-refractivity contribution in [3.8, 4) is 0 Å². The summed E-state index contributed by atoms with van der Waals surface area (Å²) in [5, 5.41) is 0. The molecule has 3 heteroatoms. The number of ether oxygens (including phenoxy) is 1. The molecular formula is C12H15ClO2. The van der Waals surface area contributed by atoms with Crippen LogP contribution in [0.5, 0.6) is 0 Å². The number of halogens is 1. The van der Waals surface area contributed by atoms with Crippen molar-refractivity contribution in [3.63, 3.8) is 0 Å². The highest BCUT2D eigenvalue weighted by molar-refractivity contribution is 6.17. The van der Waals surface area contributed by atoms with Crippen LogP contribution in [0.3, 0.4) is 0 Å². The van der Waals surface area contributed by atoms with Gasteiger partial charge in [0.2, 0.25) is 0 Å². The third-order valence-corrected chi connectivity index (χ3v) is 2.33. The van der Waals surface area contributed by atoms with Gasteiger partial charge >= 0.3 is 5.97 Å². The third-order valence-electron chi connectivity index (χ3n) is 2.06. The molecule has 1 aromatic rings. The quantitative estimate of drug-likeness (QED) is 0.569. The molecule has 0 aliphatic heterocycles. The first-order chi connectivity index (χ1) is 7.24. The monoisotopic (exact) mass is 226 g/mol. The Morgan fingerprint density at radius 2 is 2.07 bits per heavy atom. The molecule has 0 heterocycles. The molecule has 1 unspecified atom stereocenters. The average molecular weight is 227 g/mol. The fourth-order valence-corrected chi connectivity index (χ4v) is 1.40. The van der Waals surface area contributed by atoms with E-state index in [1.165, 1.54) is 0 Å². The lowest BCUT2D eigenvalue weighted by Crippen LogP contribution is -2.15. The van der Waals surface area contributed by atoms with E-state index in [0.29, 0.717) is 11.4 Å². The molecule has 15 heavy (non-hydrogen) atoms. The number of carbonyl (C=O) groups is 1. The van der Waals surface area contributed by atoms with Gasteiger partial charge in [0.15, 0.2) is 0 Å². The number of esters is 1. The standard InChI is InChI=1S/C12H15ClO2/c1-10(6-5-9-13)15-12(14)11-7-3-2-4-8-11/h2-4,7-8,10H,5-6,9H2,1H3. The average Bonchev–Trinajstić information content (AvgIpc) is 2.27. The lowest BCUT2D eigenvalue weighted by Gasteiger charge is -2.12. The Morgan fingerprint density at radius 3 is 2.67 bits per heavy atom. The zero-order chi connectivity index (χ0) is 11.1. The van der Waals surface area contributed by atoms with Gasteiger partial charge in [0.25, 0.3) is 0 Å². The van der Waals surface area contributed by atoms with E-state index >= 15 is 0 Å². The number of hydrogen-bond acceptors (Lipinski definition) is 2. The Labute approximate surface area is 95.2 Å². The van der Waals surface area contributed by atoms with Crippen molar-refractivity contribution in [2.45, 2.75) is 25.9 Å². The molecular weight excluding hydrogens is 212 g/mol. The van der Waals surface area contributed by atoms with E-state index in [0.717, 1.165) is 12.8 Å². The van der Waals surface area contributed by atoms with Gasteiger partial charge in [0.1, 0.15) is 0 Å². The van der Waals surface area contributed by atoms with Crippen molar-refractivity contribution < 1.29 is 9.53 Å². The van der Waals surface area contributed by atoms with Gasteiger partial charge in [-0.3, -0.25) is 0 Å². The second-order valence-corrected chi connectivity index (χ2v) is 3.79. The Bertz CT molecular complexity index is 298. The molecule has 0 aromatic heterocycles. The number of rotatable bonds is 5. The molecule has 82 valence electrons. The van der Waals surface area contributed by atoms with Crippen LogP contribution in [-0.4, -0.2) is 18.0 Å². The van der Waals surface area contributed by atoms with E-state index in [1.807, 2.05) is 25.1 Å². The summed E-state index contributed by atoms with van der Waals surface area (Å²) >= 11 is 5.56. The smallest absolute Gasteiger partial charge is 0.338 e. The van der Waals surface area contributed by atoms with Crippen LogP contribution in [-0.2, 0) is 4.74 Å². The molecule has 1 aromatic carbocycles. The summed E-state index contributed by atoms with van der Waals surface area (Å²) in [6.07, 6.45) is 1.60. The lowest BCUT2D eigenvalue weighted by atomic mass is 10.2. The van der Waals surface area contributed by atoms with Gasteiger partial charge in [-0.25, -0.2) is 4.79 Å². The molecule has 2 nitrogen and oxygen atoms in total. The van der Waals surface area contributed by atoms with Gasteiger partial charge in [-0.15, -0.1) is 11.6 Å². The first-order valence-electron chi connectivity index (χ1n) is 5.06. The molecule has 0 radical (unpaired) electrons. The predicted octanol–water partition coefficient (Wildman–Crippen LogP) is 3.25. The van der Waals surface area contributed by atoms with Crippen molar-refractivity contribution in [3.05, 3.63) is 35.9 Å². The molecule has 0 amide bonds. The minimum Gasteiger partial charge on any atom is -0.459 e. The fraction of sp³-hybridized carbons (Fsp3) is 0.417. The molecule has 0 saturated carbocycles. The molecule has 0 spiro atoms. The minimum absolute atomic E-state index is 0.0727. The van der Waals surface area contributed by atoms with Crippen LogP contribution < -0.4 is 0 Å². The Hall–Kier alpha value is -1.02. The Balaban J connectivity index is 2.42. The third kappa shape index (κ3) is 4.34. The normalized spacial score (nSPS) is 12.1. The maximum Gasteiger partial charge on any atom is 0.338 e. The highest BCUT2D eigenvalue weighted by Crippen LogP contribution is 2.07. The Kier molecular flexibility index (Phi) is 5.19. The first kappa shape index (κ1) is 12.1. The fourth-order valence-electron chi connectivity index (χ4n) is 1.25. The van der Waals surface area contributed by atoms with Crippen molar-refractivity contribution in [2.24, 2.45) is 0 Å². The van der Waals surface area contributed by atoms with Gasteiger partial charge in [0.05, 0.1) is 11.7 Å². The molecule has 0 aliphatic rings. The molecule has 0 bridgehead atoms. The number of benzene rings is 1. The van der Waals surface area contributed by atoms with E-state index in [4.69, 9.17) is 16.3 Å². The summed E-state index contributed by atoms with van der Waals surface area (Å²) in [6.45, 7) is 1.88. The Morgan fingerprint density at radius 1 is 1.40 bits per heavy atom. The van der Waals surface area contributed by atoms with Crippen molar-refractivity contribution >= 4 is 17.6 Å². The summed E-state index contributed by atoms with van der Waals surface area (Å²) < 4.78 is 5.24. The van der Waals surface area contributed by atoms with E-state index < -0.39 is 0 Å². The van der Waals surface area contributed by atoms with Gasteiger partial charge in [0, 0.05) is 5.88 Å². The van der Waals surface area contributed by atoms with Gasteiger partial charge in [-0.05, 0) is 31.9 Å². The van der Waals surface area contributed by atoms with Crippen LogP contribution in [0.1, 0.15) is 30.1 Å². The molecule has 0 aliphatic carbocycles. The first-order valence-corrected chi connectivity index (χ1v) is 5.59. The summed E-state index contributed by atoms with van der Waals surface area (Å²) in [7, 11) is 0. The van der Waals surface area contributed by atoms with Gasteiger partial charge in [-0.1, -0.05) is 18.2 Å². The zero-order valence-corrected chi connectivity index (χ0v) is 9.54. The number of hydrogen-bond donors (Lipinski definition) is 0. The largest absolute Gasteiger partial charge is 0.459 e. The maximum atomic E-state index is 11.6. The van der Waals surface area contributed by atoms with Crippen LogP contribution in [0.2, 0.25) is 0 Å². The van der Waals surface area contributed by atoms with Gasteiger partial charge < -0.3 is 4.74 Å². The minimum atomic E-state index is -0.266. The van der Waals surface area contributed by atoms with Crippen LogP contribution in [0.25, 0.3) is 0 Å². The second kappa shape index (κ2) is 6.46. The van der Waals surface area contributed by atoms with E-state index in [-0.39, 0.29) is 12.1 Å². The van der Waals surface area contributed by atoms with Crippen molar-refractivity contribution in [1.82, 2.24) is 0 Å².